The molecule has 6 heteroatoms. The third-order valence-corrected chi connectivity index (χ3v) is 3.24. The van der Waals surface area contributed by atoms with E-state index < -0.39 is 0 Å². The fourth-order valence-electron chi connectivity index (χ4n) is 2.42. The average molecular weight is 286 g/mol. The van der Waals surface area contributed by atoms with Crippen LogP contribution in [0.5, 0.6) is 0 Å². The van der Waals surface area contributed by atoms with Crippen LogP contribution in [0.4, 0.5) is 0 Å². The fourth-order valence-corrected chi connectivity index (χ4v) is 2.42. The number of ether oxygens (including phenoxy) is 1. The highest BCUT2D eigenvalue weighted by Crippen LogP contribution is 2.25. The lowest BCUT2D eigenvalue weighted by Crippen LogP contribution is -2.08. The molecular weight excluding hydrogens is 268 g/mol. The van der Waals surface area contributed by atoms with E-state index in [2.05, 4.69) is 10.0 Å². The quantitative estimate of drug-likeness (QED) is 0.359. The van der Waals surface area contributed by atoms with Crippen LogP contribution in [0.1, 0.15) is 48.3 Å². The Kier molecular flexibility index (Phi) is 4.50. The lowest BCUT2D eigenvalue weighted by Gasteiger charge is -2.10. The molecule has 0 aliphatic heterocycles. The number of fused-ring (bicyclic) bond motifs is 1. The standard InChI is InChI=1S/C15H18N4O2/c1-4-21-15(20)13-8-12-7-11(9-17-18-16)5-6-19(12)14(13)10(2)3/h5-8,10H,4,9H2,1-3H3. The maximum Gasteiger partial charge on any atom is 0.340 e. The highest BCUT2D eigenvalue weighted by Gasteiger charge is 2.20. The SMILES string of the molecule is CCOC(=O)c1cc2cc(CN=[N+]=[N-])ccn2c1C(C)C. The van der Waals surface area contributed by atoms with Crippen molar-refractivity contribution >= 4 is 11.5 Å². The minimum absolute atomic E-state index is 0.190. The molecule has 0 saturated heterocycles. The Bertz CT molecular complexity index is 712. The molecule has 2 aromatic rings. The lowest BCUT2D eigenvalue weighted by atomic mass is 10.1. The minimum Gasteiger partial charge on any atom is -0.462 e. The second-order valence-corrected chi connectivity index (χ2v) is 5.04. The van der Waals surface area contributed by atoms with Crippen LogP contribution >= 0.6 is 0 Å². The first-order valence-electron chi connectivity index (χ1n) is 6.90. The van der Waals surface area contributed by atoms with E-state index in [0.717, 1.165) is 16.8 Å². The summed E-state index contributed by atoms with van der Waals surface area (Å²) < 4.78 is 7.11. The van der Waals surface area contributed by atoms with Crippen LogP contribution in [0, 0.1) is 0 Å². The molecule has 110 valence electrons. The summed E-state index contributed by atoms with van der Waals surface area (Å²) in [5.41, 5.74) is 11.7. The van der Waals surface area contributed by atoms with E-state index in [-0.39, 0.29) is 11.9 Å². The Morgan fingerprint density at radius 3 is 2.86 bits per heavy atom. The topological polar surface area (TPSA) is 79.5 Å². The van der Waals surface area contributed by atoms with Gasteiger partial charge in [0.15, 0.2) is 0 Å². The van der Waals surface area contributed by atoms with Crippen molar-refractivity contribution in [3.8, 4) is 0 Å². The summed E-state index contributed by atoms with van der Waals surface area (Å²) in [4.78, 5) is 14.9. The highest BCUT2D eigenvalue weighted by molar-refractivity contribution is 5.93. The summed E-state index contributed by atoms with van der Waals surface area (Å²) in [6.45, 7) is 6.52. The normalized spacial score (nSPS) is 10.7. The van der Waals surface area contributed by atoms with Crippen LogP contribution < -0.4 is 0 Å². The summed E-state index contributed by atoms with van der Waals surface area (Å²) in [5.74, 6) is -0.114. The second-order valence-electron chi connectivity index (χ2n) is 5.04. The number of nitrogens with zero attached hydrogens (tertiary/aromatic N) is 4. The monoisotopic (exact) mass is 286 g/mol. The van der Waals surface area contributed by atoms with Crippen molar-refractivity contribution in [3.63, 3.8) is 0 Å². The molecule has 0 aromatic carbocycles. The van der Waals surface area contributed by atoms with E-state index in [1.54, 1.807) is 6.92 Å². The van der Waals surface area contributed by atoms with Gasteiger partial charge in [-0.2, -0.15) is 0 Å². The summed E-state index contributed by atoms with van der Waals surface area (Å²) in [7, 11) is 0. The minimum atomic E-state index is -0.304. The number of hydrogen-bond donors (Lipinski definition) is 0. The van der Waals surface area contributed by atoms with Crippen molar-refractivity contribution < 1.29 is 9.53 Å². The van der Waals surface area contributed by atoms with Crippen LogP contribution in [-0.2, 0) is 11.3 Å². The van der Waals surface area contributed by atoms with Crippen LogP contribution in [0.25, 0.3) is 16.0 Å². The molecule has 0 aliphatic rings. The molecule has 2 heterocycles. The number of hydrogen-bond acceptors (Lipinski definition) is 3. The van der Waals surface area contributed by atoms with E-state index in [0.29, 0.717) is 18.7 Å². The van der Waals surface area contributed by atoms with Gasteiger partial charge < -0.3 is 9.14 Å². The lowest BCUT2D eigenvalue weighted by molar-refractivity contribution is 0.0524. The van der Waals surface area contributed by atoms with Gasteiger partial charge in [-0.15, -0.1) is 0 Å². The summed E-state index contributed by atoms with van der Waals surface area (Å²) in [6, 6.07) is 5.64. The zero-order chi connectivity index (χ0) is 15.4. The predicted octanol–water partition coefficient (Wildman–Crippen LogP) is 4.05. The van der Waals surface area contributed by atoms with Crippen molar-refractivity contribution in [1.29, 1.82) is 0 Å². The van der Waals surface area contributed by atoms with Crippen LogP contribution in [0.15, 0.2) is 29.5 Å². The Balaban J connectivity index is 2.55. The van der Waals surface area contributed by atoms with Gasteiger partial charge >= 0.3 is 5.97 Å². The average Bonchev–Trinajstić information content (AvgIpc) is 2.84. The van der Waals surface area contributed by atoms with Gasteiger partial charge in [-0.3, -0.25) is 0 Å². The summed E-state index contributed by atoms with van der Waals surface area (Å²) in [6.07, 6.45) is 1.90. The molecule has 0 atom stereocenters. The van der Waals surface area contributed by atoms with Gasteiger partial charge in [-0.25, -0.2) is 4.79 Å². The molecule has 2 aromatic heterocycles. The van der Waals surface area contributed by atoms with Gasteiger partial charge in [0.05, 0.1) is 18.7 Å². The third-order valence-electron chi connectivity index (χ3n) is 3.24. The van der Waals surface area contributed by atoms with Crippen molar-refractivity contribution in [2.24, 2.45) is 5.11 Å². The van der Waals surface area contributed by atoms with Crippen molar-refractivity contribution in [2.45, 2.75) is 33.2 Å². The molecule has 0 spiro atoms. The Morgan fingerprint density at radius 1 is 1.48 bits per heavy atom. The van der Waals surface area contributed by atoms with E-state index >= 15 is 0 Å². The maximum absolute atomic E-state index is 12.1. The molecule has 6 nitrogen and oxygen atoms in total. The van der Waals surface area contributed by atoms with Gasteiger partial charge in [-0.05, 0) is 42.1 Å². The molecule has 0 amide bonds. The molecule has 0 radical (unpaired) electrons. The molecule has 0 fully saturated rings. The first-order chi connectivity index (χ1) is 10.1. The number of esters is 1. The van der Waals surface area contributed by atoms with Crippen LogP contribution in [0.3, 0.4) is 0 Å². The molecule has 0 unspecified atom stereocenters. The maximum atomic E-state index is 12.1. The highest BCUT2D eigenvalue weighted by atomic mass is 16.5. The Labute approximate surface area is 123 Å². The van der Waals surface area contributed by atoms with Crippen molar-refractivity contribution in [1.82, 2.24) is 4.40 Å². The van der Waals surface area contributed by atoms with Gasteiger partial charge in [0.2, 0.25) is 0 Å². The number of aromatic nitrogens is 1. The van der Waals surface area contributed by atoms with Gasteiger partial charge in [-0.1, -0.05) is 19.0 Å². The molecule has 0 aliphatic carbocycles. The number of azide groups is 1. The zero-order valence-electron chi connectivity index (χ0n) is 12.4. The second kappa shape index (κ2) is 6.33. The molecule has 0 N–H and O–H groups in total. The number of carbonyl (C=O) groups is 1. The molecule has 0 bridgehead atoms. The first kappa shape index (κ1) is 14.9. The van der Waals surface area contributed by atoms with Crippen LogP contribution in [-0.4, -0.2) is 17.0 Å². The van der Waals surface area contributed by atoms with Crippen LogP contribution in [0.2, 0.25) is 0 Å². The fraction of sp³-hybridized carbons (Fsp3) is 0.400. The van der Waals surface area contributed by atoms with Crippen molar-refractivity contribution in [3.05, 3.63) is 51.7 Å². The van der Waals surface area contributed by atoms with E-state index in [9.17, 15) is 4.79 Å². The third kappa shape index (κ3) is 3.01. The smallest absolute Gasteiger partial charge is 0.340 e. The number of carbonyl (C=O) groups excluding carboxylic acids is 1. The van der Waals surface area contributed by atoms with Crippen molar-refractivity contribution in [2.75, 3.05) is 6.61 Å². The molecule has 21 heavy (non-hydrogen) atoms. The molecule has 0 saturated carbocycles. The van der Waals surface area contributed by atoms with Gasteiger partial charge in [0.1, 0.15) is 0 Å². The Hall–Kier alpha value is -2.46. The Morgan fingerprint density at radius 2 is 2.24 bits per heavy atom. The van der Waals surface area contributed by atoms with E-state index in [1.807, 2.05) is 42.6 Å². The summed E-state index contributed by atoms with van der Waals surface area (Å²) in [5, 5.41) is 3.56. The number of rotatable bonds is 5. The summed E-state index contributed by atoms with van der Waals surface area (Å²) >= 11 is 0. The zero-order valence-corrected chi connectivity index (χ0v) is 12.4. The molecular formula is C15H18N4O2. The van der Waals surface area contributed by atoms with Gasteiger partial charge in [0, 0.05) is 22.3 Å². The van der Waals surface area contributed by atoms with E-state index in [4.69, 9.17) is 10.3 Å². The van der Waals surface area contributed by atoms with E-state index in [1.165, 1.54) is 0 Å². The molecule has 2 rings (SSSR count). The largest absolute Gasteiger partial charge is 0.462 e. The number of pyridine rings is 1. The predicted molar refractivity (Wildman–Crippen MR) is 80.3 cm³/mol. The first-order valence-corrected chi connectivity index (χ1v) is 6.90. The van der Waals surface area contributed by atoms with Gasteiger partial charge in [0.25, 0.3) is 0 Å².